The molecule has 2 aliphatic heterocycles. The van der Waals surface area contributed by atoms with Crippen molar-refractivity contribution >= 4 is 26.8 Å². The second-order valence-corrected chi connectivity index (χ2v) is 11.2. The molecule has 168 valence electrons. The van der Waals surface area contributed by atoms with Crippen molar-refractivity contribution < 1.29 is 13.2 Å². The Balaban J connectivity index is 1.41. The number of rotatable bonds is 4. The van der Waals surface area contributed by atoms with Gasteiger partial charge >= 0.3 is 0 Å². The Bertz CT molecular complexity index is 1050. The minimum absolute atomic E-state index is 0.156. The molecule has 3 heterocycles. The Labute approximate surface area is 185 Å². The molecule has 0 spiro atoms. The quantitative estimate of drug-likeness (QED) is 0.724. The first-order valence-corrected chi connectivity index (χ1v) is 12.5. The Morgan fingerprint density at radius 3 is 2.45 bits per heavy atom. The van der Waals surface area contributed by atoms with Crippen LogP contribution in [0.4, 0.5) is 0 Å². The van der Waals surface area contributed by atoms with E-state index in [0.29, 0.717) is 50.1 Å². The fourth-order valence-electron chi connectivity index (χ4n) is 4.88. The van der Waals surface area contributed by atoms with Gasteiger partial charge in [0.25, 0.3) is 0 Å². The number of para-hydroxylation sites is 1. The molecule has 1 aromatic heterocycles. The molecule has 0 radical (unpaired) electrons. The zero-order valence-electron chi connectivity index (χ0n) is 18.6. The van der Waals surface area contributed by atoms with Gasteiger partial charge in [-0.05, 0) is 42.9 Å². The van der Waals surface area contributed by atoms with Gasteiger partial charge in [0.05, 0.1) is 12.1 Å². The van der Waals surface area contributed by atoms with Crippen molar-refractivity contribution in [3.05, 3.63) is 36.0 Å². The van der Waals surface area contributed by atoms with Crippen LogP contribution in [0.5, 0.6) is 0 Å². The number of hydrogen-bond acceptors (Lipinski definition) is 5. The molecule has 2 unspecified atom stereocenters. The van der Waals surface area contributed by atoms with E-state index in [-0.39, 0.29) is 10.8 Å². The van der Waals surface area contributed by atoms with Gasteiger partial charge in [-0.15, -0.1) is 0 Å². The van der Waals surface area contributed by atoms with Crippen LogP contribution >= 0.6 is 0 Å². The Morgan fingerprint density at radius 2 is 1.77 bits per heavy atom. The lowest BCUT2D eigenvalue weighted by molar-refractivity contribution is -0.135. The lowest BCUT2D eigenvalue weighted by Gasteiger charge is -2.38. The summed E-state index contributed by atoms with van der Waals surface area (Å²) in [5.41, 5.74) is 1.51. The number of pyridine rings is 1. The molecule has 7 nitrogen and oxygen atoms in total. The Kier molecular flexibility index (Phi) is 6.32. The molecular weight excluding hydrogens is 412 g/mol. The van der Waals surface area contributed by atoms with E-state index >= 15 is 0 Å². The van der Waals surface area contributed by atoms with Crippen LogP contribution < -0.4 is 0 Å². The van der Waals surface area contributed by atoms with E-state index in [1.54, 1.807) is 18.3 Å². The highest BCUT2D eigenvalue weighted by atomic mass is 32.2. The predicted molar refractivity (Wildman–Crippen MR) is 121 cm³/mol. The minimum atomic E-state index is -3.64. The van der Waals surface area contributed by atoms with Gasteiger partial charge in [0.2, 0.25) is 15.9 Å². The van der Waals surface area contributed by atoms with E-state index in [1.165, 1.54) is 10.7 Å². The molecular formula is C23H32N4O3S. The summed E-state index contributed by atoms with van der Waals surface area (Å²) in [4.78, 5) is 21.5. The summed E-state index contributed by atoms with van der Waals surface area (Å²) in [5.74, 6) is 1.23. The third-order valence-corrected chi connectivity index (χ3v) is 8.27. The smallest absolute Gasteiger partial charge is 0.245 e. The third kappa shape index (κ3) is 4.76. The fourth-order valence-corrected chi connectivity index (χ4v) is 6.46. The second kappa shape index (κ2) is 8.84. The number of aryl methyl sites for hydroxylation is 1. The van der Waals surface area contributed by atoms with Crippen molar-refractivity contribution in [1.82, 2.24) is 19.1 Å². The number of benzene rings is 1. The molecule has 2 fully saturated rings. The molecule has 31 heavy (non-hydrogen) atoms. The van der Waals surface area contributed by atoms with E-state index in [4.69, 9.17) is 0 Å². The summed E-state index contributed by atoms with van der Waals surface area (Å²) in [6, 6.07) is 7.24. The number of aromatic nitrogens is 1. The summed E-state index contributed by atoms with van der Waals surface area (Å²) in [5, 5.41) is 0.829. The van der Waals surface area contributed by atoms with Crippen molar-refractivity contribution in [2.24, 2.45) is 11.8 Å². The first kappa shape index (κ1) is 22.2. The first-order valence-electron chi connectivity index (χ1n) is 11.1. The van der Waals surface area contributed by atoms with Gasteiger partial charge in [0, 0.05) is 50.9 Å². The van der Waals surface area contributed by atoms with E-state index in [0.717, 1.165) is 24.0 Å². The van der Waals surface area contributed by atoms with E-state index in [9.17, 15) is 13.2 Å². The van der Waals surface area contributed by atoms with Gasteiger partial charge in [-0.25, -0.2) is 8.42 Å². The van der Waals surface area contributed by atoms with Crippen molar-refractivity contribution in [3.8, 4) is 0 Å². The Morgan fingerprint density at radius 1 is 1.10 bits per heavy atom. The maximum absolute atomic E-state index is 13.3. The minimum Gasteiger partial charge on any atom is -0.341 e. The standard InChI is InChI=1S/C23H32N4O3S/c1-17-12-20-5-4-6-21(23(20)24-13-17)31(29,30)27-9-7-25(8-10-27)16-22(28)26-14-18(2)11-19(3)15-26/h4-6,12-13,18-19H,7-11,14-16H2,1-3H3. The van der Waals surface area contributed by atoms with Crippen LogP contribution in [0.2, 0.25) is 0 Å². The number of nitrogens with zero attached hydrogens (tertiary/aromatic N) is 4. The van der Waals surface area contributed by atoms with Crippen molar-refractivity contribution in [2.75, 3.05) is 45.8 Å². The SMILES string of the molecule is Cc1cnc2c(S(=O)(=O)N3CCN(CC(=O)N4CC(C)CC(C)C4)CC3)cccc2c1. The Hall–Kier alpha value is -2.03. The molecule has 0 aliphatic carbocycles. The molecule has 2 saturated heterocycles. The average molecular weight is 445 g/mol. The lowest BCUT2D eigenvalue weighted by atomic mass is 9.92. The maximum Gasteiger partial charge on any atom is 0.245 e. The summed E-state index contributed by atoms with van der Waals surface area (Å²) < 4.78 is 28.2. The number of sulfonamides is 1. The number of piperazine rings is 1. The first-order chi connectivity index (χ1) is 14.7. The number of fused-ring (bicyclic) bond motifs is 1. The monoisotopic (exact) mass is 444 g/mol. The summed E-state index contributed by atoms with van der Waals surface area (Å²) in [6.07, 6.45) is 2.87. The second-order valence-electron chi connectivity index (χ2n) is 9.27. The van der Waals surface area contributed by atoms with Crippen LogP contribution in [0.25, 0.3) is 10.9 Å². The molecule has 0 saturated carbocycles. The number of hydrogen-bond donors (Lipinski definition) is 0. The summed E-state index contributed by atoms with van der Waals surface area (Å²) in [6.45, 7) is 10.2. The molecule has 0 bridgehead atoms. The third-order valence-electron chi connectivity index (χ3n) is 6.34. The van der Waals surface area contributed by atoms with Crippen LogP contribution in [-0.2, 0) is 14.8 Å². The number of carbonyl (C=O) groups is 1. The van der Waals surface area contributed by atoms with Gasteiger partial charge in [0.1, 0.15) is 4.90 Å². The molecule has 2 aliphatic rings. The van der Waals surface area contributed by atoms with E-state index in [2.05, 4.69) is 23.7 Å². The maximum atomic E-state index is 13.3. The number of amides is 1. The number of piperidine rings is 1. The summed E-state index contributed by atoms with van der Waals surface area (Å²) >= 11 is 0. The van der Waals surface area contributed by atoms with Crippen molar-refractivity contribution in [2.45, 2.75) is 32.1 Å². The highest BCUT2D eigenvalue weighted by Crippen LogP contribution is 2.26. The van der Waals surface area contributed by atoms with Crippen LogP contribution in [-0.4, -0.2) is 79.2 Å². The molecule has 1 amide bonds. The van der Waals surface area contributed by atoms with Crippen molar-refractivity contribution in [3.63, 3.8) is 0 Å². The molecule has 1 aromatic carbocycles. The van der Waals surface area contributed by atoms with Gasteiger partial charge < -0.3 is 4.90 Å². The number of carbonyl (C=O) groups excluding carboxylic acids is 1. The fraction of sp³-hybridized carbons (Fsp3) is 0.565. The number of likely N-dealkylation sites (tertiary alicyclic amines) is 1. The van der Waals surface area contributed by atoms with Crippen molar-refractivity contribution in [1.29, 1.82) is 0 Å². The van der Waals surface area contributed by atoms with Crippen LogP contribution in [0.15, 0.2) is 35.4 Å². The average Bonchev–Trinajstić information content (AvgIpc) is 2.72. The van der Waals surface area contributed by atoms with Crippen LogP contribution in [0, 0.1) is 18.8 Å². The normalized spacial score (nSPS) is 23.9. The highest BCUT2D eigenvalue weighted by molar-refractivity contribution is 7.89. The van der Waals surface area contributed by atoms with Gasteiger partial charge in [-0.2, -0.15) is 4.31 Å². The zero-order valence-corrected chi connectivity index (χ0v) is 19.4. The van der Waals surface area contributed by atoms with E-state index in [1.807, 2.05) is 24.0 Å². The molecule has 2 aromatic rings. The largest absolute Gasteiger partial charge is 0.341 e. The van der Waals surface area contributed by atoms with Gasteiger partial charge in [-0.1, -0.05) is 26.0 Å². The zero-order chi connectivity index (χ0) is 22.2. The predicted octanol–water partition coefficient (Wildman–Crippen LogP) is 2.35. The summed E-state index contributed by atoms with van der Waals surface area (Å²) in [7, 11) is -3.64. The molecule has 8 heteroatoms. The van der Waals surface area contributed by atoms with Crippen LogP contribution in [0.3, 0.4) is 0 Å². The van der Waals surface area contributed by atoms with Crippen LogP contribution in [0.1, 0.15) is 25.8 Å². The topological polar surface area (TPSA) is 73.8 Å². The van der Waals surface area contributed by atoms with E-state index < -0.39 is 10.0 Å². The lowest BCUT2D eigenvalue weighted by Crippen LogP contribution is -2.52. The molecule has 4 rings (SSSR count). The molecule has 0 N–H and O–H groups in total. The highest BCUT2D eigenvalue weighted by Gasteiger charge is 2.32. The molecule has 2 atom stereocenters. The van der Waals surface area contributed by atoms with Gasteiger partial charge in [-0.3, -0.25) is 14.7 Å². The van der Waals surface area contributed by atoms with Gasteiger partial charge in [0.15, 0.2) is 0 Å².